The highest BCUT2D eigenvalue weighted by atomic mass is 15.0. The molecule has 0 bridgehead atoms. The van der Waals surface area contributed by atoms with Crippen LogP contribution in [0.15, 0.2) is 176 Å². The van der Waals surface area contributed by atoms with Crippen LogP contribution in [0.1, 0.15) is 39.7 Å². The zero-order valence-electron chi connectivity index (χ0n) is 34.8. The van der Waals surface area contributed by atoms with Gasteiger partial charge in [-0.15, -0.1) is 0 Å². The fraction of sp³-hybridized carbons (Fsp3) is 0.0893. The van der Waals surface area contributed by atoms with E-state index in [0.29, 0.717) is 12.8 Å². The molecule has 0 saturated carbocycles. The second-order valence-corrected chi connectivity index (χ2v) is 16.7. The quantitative estimate of drug-likeness (QED) is 0.161. The molecule has 0 saturated heterocycles. The molecule has 62 heavy (non-hydrogen) atoms. The van der Waals surface area contributed by atoms with Crippen molar-refractivity contribution >= 4 is 65.4 Å². The highest BCUT2D eigenvalue weighted by molar-refractivity contribution is 6.11. The summed E-state index contributed by atoms with van der Waals surface area (Å²) < 4.78 is 7.19. The third-order valence-electron chi connectivity index (χ3n) is 12.5. The van der Waals surface area contributed by atoms with E-state index in [4.69, 9.17) is 15.0 Å². The third-order valence-corrected chi connectivity index (χ3v) is 12.5. The Morgan fingerprint density at radius 3 is 1.18 bits per heavy atom. The lowest BCUT2D eigenvalue weighted by Gasteiger charge is -2.16. The minimum Gasteiger partial charge on any atom is -0.309 e. The fourth-order valence-corrected chi connectivity index (χ4v) is 9.83. The lowest BCUT2D eigenvalue weighted by molar-refractivity contribution is 0.817. The van der Waals surface area contributed by atoms with Gasteiger partial charge >= 0.3 is 0 Å². The molecule has 0 radical (unpaired) electrons. The van der Waals surface area contributed by atoms with Gasteiger partial charge in [0.05, 0.1) is 33.1 Å². The van der Waals surface area contributed by atoms with Gasteiger partial charge in [0, 0.05) is 62.2 Å². The number of aryl methyl sites for hydroxylation is 3. The molecule has 0 aliphatic rings. The van der Waals surface area contributed by atoms with Crippen molar-refractivity contribution in [2.75, 3.05) is 0 Å². The number of nitrogens with zero attached hydrogens (tertiary/aromatic N) is 6. The molecular weight excluding hydrogens is 757 g/mol. The van der Waals surface area contributed by atoms with Crippen molar-refractivity contribution in [1.82, 2.24) is 28.7 Å². The summed E-state index contributed by atoms with van der Waals surface area (Å²) in [6, 6.07) is 64.1. The molecule has 8 aromatic carbocycles. The average molecular weight is 799 g/mol. The van der Waals surface area contributed by atoms with Crippen LogP contribution in [-0.2, 0) is 12.8 Å². The van der Waals surface area contributed by atoms with Crippen LogP contribution in [0.5, 0.6) is 0 Å². The molecule has 0 amide bonds. The normalized spacial score (nSPS) is 11.9. The standard InChI is InChI=1S/C56H42N6/c1-35-20-26-53-47(28-35)45-14-6-10-18-51(45)61(53)41-30-39(31-42(34-41)62-52-19-11-7-15-46(52)48-29-36(2)21-27-54(48)62)33-56-58-37(3)57-55(59-56)32-38-22-24-40(25-23-38)60-49-16-8-4-12-43(49)44-13-5-9-17-50(44)60/h4-31,34H,32-33H2,1-3H3. The number of fused-ring (bicyclic) bond motifs is 9. The predicted molar refractivity (Wildman–Crippen MR) is 256 cm³/mol. The number of hydrogen-bond acceptors (Lipinski definition) is 3. The van der Waals surface area contributed by atoms with E-state index < -0.39 is 0 Å². The molecule has 0 N–H and O–H groups in total. The monoisotopic (exact) mass is 798 g/mol. The van der Waals surface area contributed by atoms with Crippen LogP contribution in [0.4, 0.5) is 0 Å². The minimum atomic E-state index is 0.552. The van der Waals surface area contributed by atoms with Gasteiger partial charge in [-0.25, -0.2) is 15.0 Å². The van der Waals surface area contributed by atoms with Crippen molar-refractivity contribution in [2.24, 2.45) is 0 Å². The van der Waals surface area contributed by atoms with Crippen molar-refractivity contribution in [2.45, 2.75) is 33.6 Å². The molecule has 12 aromatic rings. The Hall–Kier alpha value is -7.83. The number of rotatable bonds is 7. The number of aromatic nitrogens is 6. The van der Waals surface area contributed by atoms with E-state index in [1.165, 1.54) is 76.5 Å². The van der Waals surface area contributed by atoms with Crippen LogP contribution in [0.25, 0.3) is 82.5 Å². The zero-order chi connectivity index (χ0) is 41.5. The van der Waals surface area contributed by atoms with E-state index in [1.54, 1.807) is 0 Å². The molecule has 0 aliphatic carbocycles. The molecule has 6 heteroatoms. The lowest BCUT2D eigenvalue weighted by Crippen LogP contribution is -2.08. The Labute approximate surface area is 359 Å². The summed E-state index contributed by atoms with van der Waals surface area (Å²) >= 11 is 0. The Bertz CT molecular complexity index is 3540. The molecule has 6 nitrogen and oxygen atoms in total. The van der Waals surface area contributed by atoms with E-state index in [0.717, 1.165) is 45.7 Å². The Morgan fingerprint density at radius 2 is 0.710 bits per heavy atom. The van der Waals surface area contributed by atoms with Gasteiger partial charge in [-0.05, 0) is 111 Å². The Balaban J connectivity index is 0.961. The summed E-state index contributed by atoms with van der Waals surface area (Å²) in [6.07, 6.45) is 1.16. The first-order valence-electron chi connectivity index (χ1n) is 21.4. The molecule has 0 atom stereocenters. The van der Waals surface area contributed by atoms with Gasteiger partial charge < -0.3 is 13.7 Å². The van der Waals surface area contributed by atoms with Gasteiger partial charge in [0.2, 0.25) is 0 Å². The van der Waals surface area contributed by atoms with Crippen molar-refractivity contribution in [3.63, 3.8) is 0 Å². The van der Waals surface area contributed by atoms with Crippen molar-refractivity contribution < 1.29 is 0 Å². The SMILES string of the molecule is Cc1ccc2c(c1)c1ccccc1n2-c1cc(Cc2nc(C)nc(Cc3ccc(-n4c5ccccc5c5ccccc54)cc3)n2)cc(-n2c3ccccc3c3cc(C)ccc32)c1. The predicted octanol–water partition coefficient (Wildman–Crippen LogP) is 13.3. The first kappa shape index (κ1) is 36.1. The van der Waals surface area contributed by atoms with Crippen LogP contribution in [0, 0.1) is 20.8 Å². The maximum atomic E-state index is 5.14. The summed E-state index contributed by atoms with van der Waals surface area (Å²) in [4.78, 5) is 14.9. The number of para-hydroxylation sites is 4. The first-order chi connectivity index (χ1) is 30.4. The second kappa shape index (κ2) is 14.1. The van der Waals surface area contributed by atoms with Gasteiger partial charge in [0.1, 0.15) is 17.5 Å². The molecule has 4 heterocycles. The summed E-state index contributed by atoms with van der Waals surface area (Å²) in [5.74, 6) is 2.25. The summed E-state index contributed by atoms with van der Waals surface area (Å²) in [5, 5.41) is 7.50. The Kier molecular flexibility index (Phi) is 8.22. The van der Waals surface area contributed by atoms with Crippen LogP contribution < -0.4 is 0 Å². The van der Waals surface area contributed by atoms with Crippen molar-refractivity contribution in [1.29, 1.82) is 0 Å². The maximum Gasteiger partial charge on any atom is 0.136 e. The van der Waals surface area contributed by atoms with Gasteiger partial charge in [0.15, 0.2) is 0 Å². The molecule has 0 unspecified atom stereocenters. The third kappa shape index (κ3) is 5.90. The molecule has 0 spiro atoms. The van der Waals surface area contributed by atoms with E-state index in [1.807, 2.05) is 6.92 Å². The fourth-order valence-electron chi connectivity index (χ4n) is 9.83. The van der Waals surface area contributed by atoms with Crippen LogP contribution in [0.3, 0.4) is 0 Å². The minimum absolute atomic E-state index is 0.552. The molecule has 0 fully saturated rings. The smallest absolute Gasteiger partial charge is 0.136 e. The van der Waals surface area contributed by atoms with Crippen molar-refractivity contribution in [3.05, 3.63) is 216 Å². The molecule has 4 aromatic heterocycles. The molecule has 296 valence electrons. The number of hydrogen-bond donors (Lipinski definition) is 0. The summed E-state index contributed by atoms with van der Waals surface area (Å²) in [5.41, 5.74) is 15.2. The second-order valence-electron chi connectivity index (χ2n) is 16.7. The van der Waals surface area contributed by atoms with Gasteiger partial charge in [0.25, 0.3) is 0 Å². The maximum absolute atomic E-state index is 5.14. The first-order valence-corrected chi connectivity index (χ1v) is 21.4. The average Bonchev–Trinajstić information content (AvgIpc) is 3.92. The van der Waals surface area contributed by atoms with Crippen LogP contribution >= 0.6 is 0 Å². The summed E-state index contributed by atoms with van der Waals surface area (Å²) in [7, 11) is 0. The highest BCUT2D eigenvalue weighted by Gasteiger charge is 2.19. The van der Waals surface area contributed by atoms with Gasteiger partial charge in [-0.2, -0.15) is 0 Å². The summed E-state index contributed by atoms with van der Waals surface area (Å²) in [6.45, 7) is 6.31. The topological polar surface area (TPSA) is 53.5 Å². The van der Waals surface area contributed by atoms with Crippen LogP contribution in [-0.4, -0.2) is 28.7 Å². The van der Waals surface area contributed by atoms with E-state index in [2.05, 4.69) is 203 Å². The lowest BCUT2D eigenvalue weighted by atomic mass is 10.1. The molecular formula is C56H42N6. The van der Waals surface area contributed by atoms with E-state index >= 15 is 0 Å². The Morgan fingerprint density at radius 1 is 0.323 bits per heavy atom. The van der Waals surface area contributed by atoms with Gasteiger partial charge in [-0.3, -0.25) is 0 Å². The largest absolute Gasteiger partial charge is 0.309 e. The molecule has 12 rings (SSSR count). The van der Waals surface area contributed by atoms with E-state index in [9.17, 15) is 0 Å². The van der Waals surface area contributed by atoms with E-state index in [-0.39, 0.29) is 0 Å². The van der Waals surface area contributed by atoms with Crippen molar-refractivity contribution in [3.8, 4) is 17.1 Å². The zero-order valence-corrected chi connectivity index (χ0v) is 34.8. The number of benzene rings is 8. The highest BCUT2D eigenvalue weighted by Crippen LogP contribution is 2.37. The molecule has 0 aliphatic heterocycles. The van der Waals surface area contributed by atoms with Crippen LogP contribution in [0.2, 0.25) is 0 Å². The van der Waals surface area contributed by atoms with Gasteiger partial charge in [-0.1, -0.05) is 108 Å².